The van der Waals surface area contributed by atoms with Gasteiger partial charge in [0.1, 0.15) is 0 Å². The summed E-state index contributed by atoms with van der Waals surface area (Å²) >= 11 is 0. The zero-order chi connectivity index (χ0) is 17.9. The van der Waals surface area contributed by atoms with E-state index in [1.165, 1.54) is 0 Å². The van der Waals surface area contributed by atoms with Crippen molar-refractivity contribution in [1.82, 2.24) is 4.90 Å². The third-order valence-electron chi connectivity index (χ3n) is 4.38. The Morgan fingerprint density at radius 2 is 2.04 bits per heavy atom. The van der Waals surface area contributed by atoms with Gasteiger partial charge in [-0.2, -0.15) is 13.2 Å². The van der Waals surface area contributed by atoms with Gasteiger partial charge < -0.3 is 16.0 Å². The number of primary amides is 1. The van der Waals surface area contributed by atoms with Crippen molar-refractivity contribution in [2.24, 2.45) is 11.7 Å². The fourth-order valence-corrected chi connectivity index (χ4v) is 3.18. The molecule has 1 fully saturated rings. The lowest BCUT2D eigenvalue weighted by Crippen LogP contribution is -2.35. The molecule has 1 aliphatic rings. The average Bonchev–Trinajstić information content (AvgIpc) is 2.47. The van der Waals surface area contributed by atoms with Gasteiger partial charge in [-0.15, -0.1) is 0 Å². The van der Waals surface area contributed by atoms with Gasteiger partial charge in [0.05, 0.1) is 5.92 Å². The van der Waals surface area contributed by atoms with Gasteiger partial charge in [0.25, 0.3) is 0 Å². The second-order valence-electron chi connectivity index (χ2n) is 6.72. The number of carbonyl (C=O) groups excluding carboxylic acids is 1. The number of hydrogen-bond donors (Lipinski definition) is 2. The van der Waals surface area contributed by atoms with Crippen molar-refractivity contribution in [1.29, 1.82) is 0 Å². The molecule has 0 aliphatic heterocycles. The van der Waals surface area contributed by atoms with Gasteiger partial charge in [0.2, 0.25) is 5.91 Å². The minimum atomic E-state index is -4.15. The van der Waals surface area contributed by atoms with Gasteiger partial charge in [-0.25, -0.2) is 0 Å². The first kappa shape index (κ1) is 18.6. The number of anilines is 1. The predicted molar refractivity (Wildman–Crippen MR) is 87.8 cm³/mol. The zero-order valence-electron chi connectivity index (χ0n) is 14.0. The highest BCUT2D eigenvalue weighted by molar-refractivity contribution is 5.94. The van der Waals surface area contributed by atoms with Gasteiger partial charge in [-0.05, 0) is 51.1 Å². The third kappa shape index (κ3) is 4.87. The fourth-order valence-electron chi connectivity index (χ4n) is 3.18. The Balaban J connectivity index is 2.20. The van der Waals surface area contributed by atoms with E-state index < -0.39 is 18.0 Å². The number of benzene rings is 1. The summed E-state index contributed by atoms with van der Waals surface area (Å²) in [5.74, 6) is -1.81. The summed E-state index contributed by atoms with van der Waals surface area (Å²) in [6.45, 7) is 0.622. The topological polar surface area (TPSA) is 58.4 Å². The molecule has 7 heteroatoms. The van der Waals surface area contributed by atoms with E-state index in [1.807, 2.05) is 19.0 Å². The predicted octanol–water partition coefficient (Wildman–Crippen LogP) is 3.38. The summed E-state index contributed by atoms with van der Waals surface area (Å²) in [6, 6.07) is 4.82. The van der Waals surface area contributed by atoms with Gasteiger partial charge in [0, 0.05) is 23.8 Å². The van der Waals surface area contributed by atoms with Crippen LogP contribution in [0.1, 0.15) is 41.6 Å². The van der Waals surface area contributed by atoms with Crippen molar-refractivity contribution in [3.05, 3.63) is 29.3 Å². The first-order valence-corrected chi connectivity index (χ1v) is 8.07. The largest absolute Gasteiger partial charge is 0.391 e. The molecule has 1 saturated carbocycles. The SMILES string of the molecule is CN(C)Cc1ccc(C(N)=O)cc1N[C@@H]1CCC[C@H](C(F)(F)F)C1. The summed E-state index contributed by atoms with van der Waals surface area (Å²) in [5.41, 5.74) is 7.29. The van der Waals surface area contributed by atoms with Gasteiger partial charge in [0.15, 0.2) is 0 Å². The van der Waals surface area contributed by atoms with Crippen molar-refractivity contribution >= 4 is 11.6 Å². The van der Waals surface area contributed by atoms with E-state index in [4.69, 9.17) is 5.73 Å². The monoisotopic (exact) mass is 343 g/mol. The van der Waals surface area contributed by atoms with Crippen molar-refractivity contribution in [2.45, 2.75) is 44.4 Å². The maximum Gasteiger partial charge on any atom is 0.391 e. The molecule has 2 rings (SSSR count). The first-order valence-electron chi connectivity index (χ1n) is 8.07. The molecule has 3 N–H and O–H groups in total. The number of alkyl halides is 3. The van der Waals surface area contributed by atoms with Crippen LogP contribution in [0.3, 0.4) is 0 Å². The standard InChI is InChI=1S/C17H24F3N3O/c1-23(2)10-12-7-6-11(16(21)24)8-15(12)22-14-5-3-4-13(9-14)17(18,19)20/h6-8,13-14,22H,3-5,9-10H2,1-2H3,(H2,21,24)/t13-,14+/m0/s1. The molecule has 4 nitrogen and oxygen atoms in total. The number of rotatable bonds is 5. The molecule has 1 aromatic rings. The normalized spacial score (nSPS) is 21.8. The summed E-state index contributed by atoms with van der Waals surface area (Å²) in [6.07, 6.45) is -2.67. The second-order valence-corrected chi connectivity index (χ2v) is 6.72. The van der Waals surface area contributed by atoms with Crippen LogP contribution in [0.4, 0.5) is 18.9 Å². The van der Waals surface area contributed by atoms with E-state index in [-0.39, 0.29) is 18.9 Å². The van der Waals surface area contributed by atoms with Crippen LogP contribution in [0.25, 0.3) is 0 Å². The lowest BCUT2D eigenvalue weighted by molar-refractivity contribution is -0.182. The molecule has 0 saturated heterocycles. The van der Waals surface area contributed by atoms with Gasteiger partial charge in [-0.1, -0.05) is 12.5 Å². The Morgan fingerprint density at radius 1 is 1.33 bits per heavy atom. The van der Waals surface area contributed by atoms with Crippen LogP contribution >= 0.6 is 0 Å². The summed E-state index contributed by atoms with van der Waals surface area (Å²) in [7, 11) is 3.82. The van der Waals surface area contributed by atoms with Crippen molar-refractivity contribution in [3.63, 3.8) is 0 Å². The highest BCUT2D eigenvalue weighted by atomic mass is 19.4. The number of halogens is 3. The number of nitrogens with one attached hydrogen (secondary N) is 1. The van der Waals surface area contributed by atoms with Crippen LogP contribution in [-0.2, 0) is 6.54 Å². The minimum absolute atomic E-state index is 0.0612. The van der Waals surface area contributed by atoms with Crippen molar-refractivity contribution in [2.75, 3.05) is 19.4 Å². The molecule has 134 valence electrons. The van der Waals surface area contributed by atoms with E-state index in [0.29, 0.717) is 30.6 Å². The van der Waals surface area contributed by atoms with Gasteiger partial charge in [-0.3, -0.25) is 4.79 Å². The molecule has 24 heavy (non-hydrogen) atoms. The maximum atomic E-state index is 13.0. The number of hydrogen-bond acceptors (Lipinski definition) is 3. The molecular weight excluding hydrogens is 319 g/mol. The molecule has 2 atom stereocenters. The third-order valence-corrected chi connectivity index (χ3v) is 4.38. The Kier molecular flexibility index (Phi) is 5.74. The van der Waals surface area contributed by atoms with Crippen LogP contribution in [0, 0.1) is 5.92 Å². The van der Waals surface area contributed by atoms with E-state index in [2.05, 4.69) is 5.32 Å². The smallest absolute Gasteiger partial charge is 0.382 e. The molecule has 1 aliphatic carbocycles. The van der Waals surface area contributed by atoms with Crippen molar-refractivity contribution in [3.8, 4) is 0 Å². The average molecular weight is 343 g/mol. The van der Waals surface area contributed by atoms with Crippen LogP contribution < -0.4 is 11.1 Å². The maximum absolute atomic E-state index is 13.0. The van der Waals surface area contributed by atoms with E-state index in [9.17, 15) is 18.0 Å². The van der Waals surface area contributed by atoms with Gasteiger partial charge >= 0.3 is 6.18 Å². The molecule has 0 aromatic heterocycles. The number of amides is 1. The summed E-state index contributed by atoms with van der Waals surface area (Å²) in [4.78, 5) is 13.4. The van der Waals surface area contributed by atoms with E-state index in [1.54, 1.807) is 18.2 Å². The quantitative estimate of drug-likeness (QED) is 0.862. The first-order chi connectivity index (χ1) is 11.2. The number of carbonyl (C=O) groups is 1. The Labute approximate surface area is 140 Å². The fraction of sp³-hybridized carbons (Fsp3) is 0.588. The molecule has 1 amide bonds. The molecule has 0 unspecified atom stereocenters. The Hall–Kier alpha value is -1.76. The van der Waals surface area contributed by atoms with Crippen LogP contribution in [0.15, 0.2) is 18.2 Å². The molecule has 0 radical (unpaired) electrons. The second kappa shape index (κ2) is 7.42. The highest BCUT2D eigenvalue weighted by Gasteiger charge is 2.42. The summed E-state index contributed by atoms with van der Waals surface area (Å²) in [5, 5.41) is 3.22. The van der Waals surface area contributed by atoms with Crippen LogP contribution in [0.2, 0.25) is 0 Å². The minimum Gasteiger partial charge on any atom is -0.382 e. The van der Waals surface area contributed by atoms with Crippen LogP contribution in [-0.4, -0.2) is 37.1 Å². The Bertz CT molecular complexity index is 587. The highest BCUT2D eigenvalue weighted by Crippen LogP contribution is 2.38. The molecule has 1 aromatic carbocycles. The molecule has 0 bridgehead atoms. The van der Waals surface area contributed by atoms with Crippen LogP contribution in [0.5, 0.6) is 0 Å². The number of nitrogens with zero attached hydrogens (tertiary/aromatic N) is 1. The lowest BCUT2D eigenvalue weighted by Gasteiger charge is -2.32. The summed E-state index contributed by atoms with van der Waals surface area (Å²) < 4.78 is 38.9. The van der Waals surface area contributed by atoms with E-state index >= 15 is 0 Å². The van der Waals surface area contributed by atoms with Crippen molar-refractivity contribution < 1.29 is 18.0 Å². The Morgan fingerprint density at radius 3 is 2.62 bits per heavy atom. The number of nitrogens with two attached hydrogens (primary N) is 1. The van der Waals surface area contributed by atoms with E-state index in [0.717, 1.165) is 5.56 Å². The lowest BCUT2D eigenvalue weighted by atomic mass is 9.85. The zero-order valence-corrected chi connectivity index (χ0v) is 14.0. The molecular formula is C17H24F3N3O. The molecule has 0 heterocycles. The molecule has 0 spiro atoms.